The molecule has 3 N–H and O–H groups in total. The number of hydrogen-bond acceptors (Lipinski definition) is 4. The molecule has 3 aliphatic rings. The number of phenolic OH excluding ortho intramolecular Hbond substituents is 1. The minimum Gasteiger partial charge on any atom is -0.508 e. The number of rotatable bonds is 4. The number of nitrogens with one attached hydrogen (secondary N) is 2. The molecule has 1 aromatic carbocycles. The Bertz CT molecular complexity index is 847. The standard InChI is InChI=1S/C19H26N2O.C4H11NO2S/c20-19-11-17-16-8-7-15(22)10-14(16)6-9-18(17)21(19)12-13-4-2-1-3-5-13;1-4(2)8(6,7)5-3/h7-8,10,13,17-18,20,22H,1-6,9,11-12H2;4-5H,1-3H3. The van der Waals surface area contributed by atoms with E-state index in [1.807, 2.05) is 12.1 Å². The molecule has 1 saturated heterocycles. The van der Waals surface area contributed by atoms with Gasteiger partial charge in [-0.25, -0.2) is 13.1 Å². The Morgan fingerprint density at radius 3 is 2.50 bits per heavy atom. The molecule has 1 heterocycles. The van der Waals surface area contributed by atoms with Gasteiger partial charge in [0, 0.05) is 24.9 Å². The van der Waals surface area contributed by atoms with E-state index in [0.717, 1.165) is 37.6 Å². The highest BCUT2D eigenvalue weighted by Gasteiger charge is 2.41. The molecule has 2 unspecified atom stereocenters. The molecule has 2 aliphatic carbocycles. The second kappa shape index (κ2) is 9.69. The SMILES string of the molecule is CNS(=O)(=O)C(C)C.N=C1CC2c3ccc(O)cc3CCC2N1CC1CCCCC1. The van der Waals surface area contributed by atoms with Crippen LogP contribution in [0.1, 0.15) is 75.8 Å². The van der Waals surface area contributed by atoms with Crippen LogP contribution in [0.5, 0.6) is 5.75 Å². The van der Waals surface area contributed by atoms with E-state index in [0.29, 0.717) is 17.7 Å². The van der Waals surface area contributed by atoms with E-state index >= 15 is 0 Å². The number of aryl methyl sites for hydroxylation is 1. The minimum absolute atomic E-state index is 0.326. The lowest BCUT2D eigenvalue weighted by Gasteiger charge is -2.36. The normalized spacial score (nSPS) is 24.3. The molecule has 0 bridgehead atoms. The maximum absolute atomic E-state index is 10.6. The molecule has 0 radical (unpaired) electrons. The van der Waals surface area contributed by atoms with Gasteiger partial charge >= 0.3 is 0 Å². The first-order valence-electron chi connectivity index (χ1n) is 11.3. The quantitative estimate of drug-likeness (QED) is 0.666. The molecule has 0 spiro atoms. The summed E-state index contributed by atoms with van der Waals surface area (Å²) in [6, 6.07) is 6.36. The van der Waals surface area contributed by atoms with Crippen molar-refractivity contribution < 1.29 is 13.5 Å². The molecule has 0 aromatic heterocycles. The lowest BCUT2D eigenvalue weighted by Crippen LogP contribution is -2.40. The van der Waals surface area contributed by atoms with Crippen LogP contribution >= 0.6 is 0 Å². The summed E-state index contributed by atoms with van der Waals surface area (Å²) < 4.78 is 23.4. The van der Waals surface area contributed by atoms with Crippen molar-refractivity contribution in [2.75, 3.05) is 13.6 Å². The molecule has 6 nitrogen and oxygen atoms in total. The average molecular weight is 436 g/mol. The number of hydrogen-bond donors (Lipinski definition) is 3. The summed E-state index contributed by atoms with van der Waals surface area (Å²) in [4.78, 5) is 2.43. The fraction of sp³-hybridized carbons (Fsp3) is 0.696. The van der Waals surface area contributed by atoms with E-state index in [-0.39, 0.29) is 5.25 Å². The lowest BCUT2D eigenvalue weighted by molar-refractivity contribution is 0.220. The number of sulfonamides is 1. The number of nitrogens with zero attached hydrogens (tertiary/aromatic N) is 1. The number of amidine groups is 1. The average Bonchev–Trinajstić information content (AvgIpc) is 3.04. The Morgan fingerprint density at radius 2 is 1.90 bits per heavy atom. The fourth-order valence-electron chi connectivity index (χ4n) is 5.16. The van der Waals surface area contributed by atoms with E-state index in [4.69, 9.17) is 5.41 Å². The van der Waals surface area contributed by atoms with Crippen LogP contribution in [0.25, 0.3) is 0 Å². The zero-order chi connectivity index (χ0) is 21.9. The monoisotopic (exact) mass is 435 g/mol. The smallest absolute Gasteiger partial charge is 0.213 e. The van der Waals surface area contributed by atoms with Crippen molar-refractivity contribution in [3.05, 3.63) is 29.3 Å². The molecule has 4 rings (SSSR count). The Balaban J connectivity index is 0.000000275. The summed E-state index contributed by atoms with van der Waals surface area (Å²) >= 11 is 0. The van der Waals surface area contributed by atoms with Crippen LogP contribution in [-0.4, -0.2) is 49.1 Å². The van der Waals surface area contributed by atoms with Crippen LogP contribution in [0.4, 0.5) is 0 Å². The molecule has 1 aromatic rings. The van der Waals surface area contributed by atoms with Crippen molar-refractivity contribution >= 4 is 15.9 Å². The Kier molecular flexibility index (Phi) is 7.45. The van der Waals surface area contributed by atoms with Gasteiger partial charge in [0.05, 0.1) is 11.1 Å². The van der Waals surface area contributed by atoms with Gasteiger partial charge in [-0.1, -0.05) is 25.3 Å². The van der Waals surface area contributed by atoms with Crippen molar-refractivity contribution in [3.63, 3.8) is 0 Å². The molecular formula is C23H37N3O3S. The molecule has 30 heavy (non-hydrogen) atoms. The summed E-state index contributed by atoms with van der Waals surface area (Å²) in [5.41, 5.74) is 2.68. The van der Waals surface area contributed by atoms with E-state index in [1.165, 1.54) is 50.3 Å². The number of aromatic hydroxyl groups is 1. The fourth-order valence-corrected chi connectivity index (χ4v) is 5.63. The van der Waals surface area contributed by atoms with E-state index in [2.05, 4.69) is 15.7 Å². The van der Waals surface area contributed by atoms with Crippen LogP contribution < -0.4 is 4.72 Å². The molecule has 168 valence electrons. The van der Waals surface area contributed by atoms with Gasteiger partial charge in [0.25, 0.3) is 0 Å². The number of benzene rings is 1. The Labute approximate surface area is 181 Å². The summed E-state index contributed by atoms with van der Waals surface area (Å²) in [6.45, 7) is 4.37. The highest BCUT2D eigenvalue weighted by Crippen LogP contribution is 2.43. The van der Waals surface area contributed by atoms with Crippen molar-refractivity contribution in [1.29, 1.82) is 5.41 Å². The van der Waals surface area contributed by atoms with Gasteiger partial charge in [-0.3, -0.25) is 5.41 Å². The maximum atomic E-state index is 10.6. The lowest BCUT2D eigenvalue weighted by atomic mass is 9.79. The second-order valence-corrected chi connectivity index (χ2v) is 11.6. The maximum Gasteiger partial charge on any atom is 0.213 e. The molecule has 1 aliphatic heterocycles. The van der Waals surface area contributed by atoms with Gasteiger partial charge in [0.15, 0.2) is 0 Å². The number of phenols is 1. The summed E-state index contributed by atoms with van der Waals surface area (Å²) in [5.74, 6) is 2.50. The predicted molar refractivity (Wildman–Crippen MR) is 122 cm³/mol. The van der Waals surface area contributed by atoms with Gasteiger partial charge < -0.3 is 10.0 Å². The van der Waals surface area contributed by atoms with Crippen molar-refractivity contribution in [2.45, 2.75) is 82.4 Å². The third kappa shape index (κ3) is 5.17. The van der Waals surface area contributed by atoms with Crippen molar-refractivity contribution in [2.24, 2.45) is 5.92 Å². The third-order valence-electron chi connectivity index (χ3n) is 6.94. The summed E-state index contributed by atoms with van der Waals surface area (Å²) in [6.07, 6.45) is 9.92. The molecule has 2 atom stereocenters. The van der Waals surface area contributed by atoms with E-state index < -0.39 is 10.0 Å². The zero-order valence-corrected chi connectivity index (χ0v) is 19.3. The first-order valence-corrected chi connectivity index (χ1v) is 12.9. The molecular weight excluding hydrogens is 398 g/mol. The van der Waals surface area contributed by atoms with Crippen LogP contribution in [0, 0.1) is 11.3 Å². The third-order valence-corrected chi connectivity index (χ3v) is 8.76. The van der Waals surface area contributed by atoms with Crippen molar-refractivity contribution in [3.8, 4) is 5.75 Å². The molecule has 2 fully saturated rings. The first-order chi connectivity index (χ1) is 14.2. The minimum atomic E-state index is -2.99. The largest absolute Gasteiger partial charge is 0.508 e. The highest BCUT2D eigenvalue weighted by molar-refractivity contribution is 7.90. The van der Waals surface area contributed by atoms with E-state index in [1.54, 1.807) is 13.8 Å². The number of fused-ring (bicyclic) bond motifs is 3. The van der Waals surface area contributed by atoms with Gasteiger partial charge in [0.1, 0.15) is 5.75 Å². The topological polar surface area (TPSA) is 93.5 Å². The van der Waals surface area contributed by atoms with Gasteiger partial charge in [-0.2, -0.15) is 0 Å². The highest BCUT2D eigenvalue weighted by atomic mass is 32.2. The van der Waals surface area contributed by atoms with Gasteiger partial charge in [0.2, 0.25) is 10.0 Å². The zero-order valence-electron chi connectivity index (χ0n) is 18.5. The van der Waals surface area contributed by atoms with Crippen LogP contribution in [-0.2, 0) is 16.4 Å². The summed E-state index contributed by atoms with van der Waals surface area (Å²) in [5, 5.41) is 17.8. The van der Waals surface area contributed by atoms with Crippen LogP contribution in [0.3, 0.4) is 0 Å². The van der Waals surface area contributed by atoms with Crippen LogP contribution in [0.2, 0.25) is 0 Å². The Hall–Kier alpha value is -1.60. The second-order valence-electron chi connectivity index (χ2n) is 9.20. The molecule has 1 saturated carbocycles. The first kappa shape index (κ1) is 23.1. The van der Waals surface area contributed by atoms with Crippen LogP contribution in [0.15, 0.2) is 18.2 Å². The van der Waals surface area contributed by atoms with E-state index in [9.17, 15) is 13.5 Å². The Morgan fingerprint density at radius 1 is 1.20 bits per heavy atom. The van der Waals surface area contributed by atoms with Gasteiger partial charge in [-0.15, -0.1) is 0 Å². The molecule has 0 amide bonds. The molecule has 7 heteroatoms. The predicted octanol–water partition coefficient (Wildman–Crippen LogP) is 4.00. The summed E-state index contributed by atoms with van der Waals surface area (Å²) in [7, 11) is -1.57. The number of likely N-dealkylation sites (tertiary alicyclic amines) is 1. The van der Waals surface area contributed by atoms with Crippen molar-refractivity contribution in [1.82, 2.24) is 9.62 Å². The van der Waals surface area contributed by atoms with Gasteiger partial charge in [-0.05, 0) is 75.8 Å².